The number of aliphatic hydroxyl groups is 4. The number of hydrogen-bond acceptors (Lipinski definition) is 48. The molecule has 0 aliphatic carbocycles. The third-order valence-corrected chi connectivity index (χ3v) is 30.0. The Morgan fingerprint density at radius 3 is 1.02 bits per heavy atom. The number of nitrogens with zero attached hydrogens (tertiary/aromatic N) is 8. The number of nitrogens with one attached hydrogen (secondary N) is 2. The van der Waals surface area contributed by atoms with Gasteiger partial charge in [0.2, 0.25) is 0 Å². The Labute approximate surface area is 749 Å². The molecule has 4 aromatic rings. The highest BCUT2D eigenvalue weighted by molar-refractivity contribution is 7.68. The minimum atomic E-state index is -6.09. The van der Waals surface area contributed by atoms with E-state index in [1.807, 2.05) is 40.5 Å². The van der Waals surface area contributed by atoms with Crippen molar-refractivity contribution < 1.29 is 252 Å². The van der Waals surface area contributed by atoms with Gasteiger partial charge in [0.25, 0.3) is 0 Å². The number of phosphoric ester groups is 4. The van der Waals surface area contributed by atoms with E-state index in [1.54, 1.807) is 0 Å². The Bertz CT molecular complexity index is 6590. The van der Waals surface area contributed by atoms with Crippen LogP contribution < -0.4 is 68.4 Å². The van der Waals surface area contributed by atoms with Crippen molar-refractivity contribution in [1.29, 1.82) is 5.41 Å². The number of phosphoric acid groups is 12. The van der Waals surface area contributed by atoms with Gasteiger partial charge in [0.15, 0.2) is 47.1 Å². The van der Waals surface area contributed by atoms with Crippen molar-refractivity contribution in [3.05, 3.63) is 89.4 Å². The van der Waals surface area contributed by atoms with Gasteiger partial charge in [-0.25, -0.2) is 91.5 Å². The maximum absolute atomic E-state index is 12.8. The Kier molecular flexibility index (Phi) is 36.3. The SMILES string of the molecule is Cc1cc(N)nc(=O)n1[C@@H]1O[C@H](COP(=O)(O)OP(=O)(O)OP(=O)(O)O)[C@H](O)C1(N)C#CCF.[2H]C([2H])(OP(=O)(O)OP(=O)(O)OP(=O)(O)O)[C@H]1O[C@@H](n2c(C)cc(N)nc2=O)C(N)(C#CCF)[C@H]1O.[2H]C([2H])(OP(=O)(O)OP(=O)(O)OP(=O)(O)O)[C@H]1O[C@@H](n2ncc(N)nc2=O)C(N)(C#CCF)[C@H]1O.[2H]c1cn([C@@H]2O[C@H](C([2H])([2H])OP(=O)(O)OP(=O)(O)OP(=O)(O)O)[C@H](O)C2(N)C#CCF)c(=O)[nH]c1=N. The average molecular weight is 2190 g/mol. The van der Waals surface area contributed by atoms with Crippen LogP contribution in [0.4, 0.5) is 35.0 Å². The standard InChI is InChI=1S/2C13H20FN4O13P3.C12H18FN4O13P3.C11H17FN5O13P3/c2*1-7-5-9(15)17-12(20)18(7)11-13(16,3-2-4-14)10(19)8(29-11)6-28-33(24,25)31-34(26,27)30-32(21,22)23;13-4-1-3-12(15)9(18)7(28-10(12)17-5-2-8(14)16-11(17)19)6-27-32(23,24)30-33(25,26)29-31(20,21)22;12-3-1-2-11(14)8(18)6(28-9(11)17-10(19)16-7(13)4-15-17)5-27-32(23,24)30-33(25,26)29-31(20,21)22/h2*5,8,10-11,19H,4,6,16H2,1H3,(H,24,25)(H,26,27)(H2,15,17,20)(H2,21,22,23);2,5,7,9-10,18H,4,6,15H2,(H,23,24)(H,25,26)(H2,14,16,19)(H2,20,21,22);4,6,8-9,18H,3,5,14H2,(H,23,24)(H,25,26)(H2,13,16,19)(H2,20,21,22)/t2*8-,10+,11-,13?;7-,9+,10-,12?;6-,8+,9-,11?/m1111/s1/i6D2;;2D,6D2;5D2. The minimum Gasteiger partial charge on any atom is -0.387 e. The summed E-state index contributed by atoms with van der Waals surface area (Å²) in [4.78, 5) is 205. The van der Waals surface area contributed by atoms with Gasteiger partial charge in [0.1, 0.15) is 98.5 Å². The number of anilines is 3. The van der Waals surface area contributed by atoms with Crippen molar-refractivity contribution in [2.24, 2.45) is 22.9 Å². The van der Waals surface area contributed by atoms with Gasteiger partial charge in [-0.05, 0) is 32.0 Å². The lowest BCUT2D eigenvalue weighted by Gasteiger charge is -2.29. The number of halogens is 4. The summed E-state index contributed by atoms with van der Waals surface area (Å²) in [6.07, 6.45) is -24.2. The fourth-order valence-electron chi connectivity index (χ4n) is 10.4. The molecule has 4 aliphatic heterocycles. The fraction of sp³-hybridized carbons (Fsp3) is 0.531. The van der Waals surface area contributed by atoms with Crippen LogP contribution in [0.2, 0.25) is 0 Å². The molecule has 0 amide bonds. The molecule has 4 aliphatic rings. The maximum Gasteiger partial charge on any atom is 0.490 e. The smallest absolute Gasteiger partial charge is 0.387 e. The molecule has 4 saturated heterocycles. The summed E-state index contributed by atoms with van der Waals surface area (Å²) in [6, 6.07) is 1.79. The van der Waals surface area contributed by atoms with Gasteiger partial charge < -0.3 is 158 Å². The fourth-order valence-corrected chi connectivity index (χ4v) is 22.1. The molecular weight excluding hydrogens is 2110 g/mol. The number of nitrogens with two attached hydrogens (primary N) is 7. The number of H-pyrrole nitrogens is 1. The highest BCUT2D eigenvalue weighted by Gasteiger charge is 2.61. The van der Waals surface area contributed by atoms with Gasteiger partial charge in [-0.1, -0.05) is 47.4 Å². The van der Waals surface area contributed by atoms with Crippen molar-refractivity contribution in [3.63, 3.8) is 0 Å². The largest absolute Gasteiger partial charge is 0.490 e. The van der Waals surface area contributed by atoms with Gasteiger partial charge in [0, 0.05) is 17.6 Å². The molecule has 8 rings (SSSR count). The van der Waals surface area contributed by atoms with E-state index in [1.165, 1.54) is 19.9 Å². The molecule has 134 heavy (non-hydrogen) atoms. The first-order valence-electron chi connectivity index (χ1n) is 36.8. The molecule has 756 valence electrons. The summed E-state index contributed by atoms with van der Waals surface area (Å²) in [5.74, 6) is 15.1. The molecule has 0 saturated carbocycles. The number of ether oxygens (including phenoxy) is 4. The van der Waals surface area contributed by atoms with E-state index in [2.05, 4.69) is 84.5 Å². The van der Waals surface area contributed by atoms with Crippen molar-refractivity contribution in [3.8, 4) is 47.4 Å². The summed E-state index contributed by atoms with van der Waals surface area (Å²) in [5.41, 5.74) is 25.6. The molecule has 69 nitrogen and oxygen atoms in total. The van der Waals surface area contributed by atoms with E-state index in [4.69, 9.17) is 113 Å². The average Bonchev–Trinajstić information content (AvgIpc) is 1.60. The van der Waals surface area contributed by atoms with Gasteiger partial charge >= 0.3 is 117 Å². The Morgan fingerprint density at radius 1 is 0.440 bits per heavy atom. The van der Waals surface area contributed by atoms with Crippen molar-refractivity contribution in [2.45, 2.75) is 110 Å². The number of aromatic nitrogens is 9. The molecule has 24 atom stereocenters. The Hall–Kier alpha value is -6.23. The molecule has 0 radical (unpaired) electrons. The van der Waals surface area contributed by atoms with E-state index >= 15 is 0 Å². The number of rotatable bonds is 32. The number of aromatic amines is 1. The summed E-state index contributed by atoms with van der Waals surface area (Å²) in [5, 5.41) is 53.6. The quantitative estimate of drug-likeness (QED) is 0.0123. The van der Waals surface area contributed by atoms with Crippen LogP contribution in [0.1, 0.15) is 45.9 Å². The summed E-state index contributed by atoms with van der Waals surface area (Å²) < 4.78 is 311. The third-order valence-electron chi connectivity index (χ3n) is 15.2. The highest BCUT2D eigenvalue weighted by Crippen LogP contribution is 2.70. The zero-order valence-electron chi connectivity index (χ0n) is 72.3. The number of hydrogen-bond donors (Lipinski definition) is 29. The highest BCUT2D eigenvalue weighted by atomic mass is 31.3. The zero-order valence-corrected chi connectivity index (χ0v) is 76.0. The van der Waals surface area contributed by atoms with Gasteiger partial charge in [-0.15, -0.1) is 0 Å². The lowest BCUT2D eigenvalue weighted by molar-refractivity contribution is -0.0519. The van der Waals surface area contributed by atoms with Crippen LogP contribution in [-0.2, 0) is 126 Å². The van der Waals surface area contributed by atoms with Crippen molar-refractivity contribution in [2.75, 3.05) is 70.2 Å². The number of aliphatic hydroxyl groups excluding tert-OH is 4. The first kappa shape index (κ1) is 107. The predicted octanol–water partition coefficient (Wildman–Crippen LogP) is -7.77. The van der Waals surface area contributed by atoms with Crippen molar-refractivity contribution in [1.82, 2.24) is 43.4 Å². The molecule has 0 spiro atoms. The van der Waals surface area contributed by atoms with E-state index in [9.17, 15) is 151 Å². The summed E-state index contributed by atoms with van der Waals surface area (Å²) in [7, 11) is -70.5. The molecule has 8 heterocycles. The van der Waals surface area contributed by atoms with Crippen LogP contribution in [-0.4, -0.2) is 266 Å². The van der Waals surface area contributed by atoms with E-state index in [-0.39, 0.29) is 28.8 Å². The molecule has 85 heteroatoms. The number of nitrogen functional groups attached to an aromatic ring is 3. The topological polar surface area (TPSA) is 1120 Å². The first-order valence-corrected chi connectivity index (χ1v) is 51.3. The predicted molar refractivity (Wildman–Crippen MR) is 419 cm³/mol. The normalized spacial score (nSPS) is 29.9. The van der Waals surface area contributed by atoms with E-state index < -0.39 is 277 Å². The first-order chi connectivity index (χ1) is 63.4. The second-order valence-electron chi connectivity index (χ2n) is 25.1. The van der Waals surface area contributed by atoms with Gasteiger partial charge in [-0.3, -0.25) is 42.2 Å². The van der Waals surface area contributed by atoms with Crippen molar-refractivity contribution >= 4 is 111 Å². The zero-order chi connectivity index (χ0) is 109. The molecular formula is C49H75F4N17O52P12. The summed E-state index contributed by atoms with van der Waals surface area (Å²) >= 11 is 0. The van der Waals surface area contributed by atoms with E-state index in [0.29, 0.717) is 20.0 Å². The lowest BCUT2D eigenvalue weighted by atomic mass is 9.91. The third kappa shape index (κ3) is 34.1. The molecule has 0 aromatic carbocycles. The Morgan fingerprint density at radius 2 is 0.716 bits per heavy atom. The van der Waals surface area contributed by atoms with Gasteiger partial charge in [-0.2, -0.15) is 59.2 Å². The molecule has 4 aromatic heterocycles. The molecule has 0 bridgehead atoms. The Balaban J connectivity index is 0.000000331. The van der Waals surface area contributed by atoms with Crippen LogP contribution in [0.25, 0.3) is 0 Å². The molecule has 36 N–H and O–H groups in total. The van der Waals surface area contributed by atoms with Crippen LogP contribution in [0.3, 0.4) is 0 Å². The lowest BCUT2D eigenvalue weighted by Crippen LogP contribution is -2.55. The van der Waals surface area contributed by atoms with E-state index in [0.717, 1.165) is 16.8 Å². The minimum absolute atomic E-state index is 0.00988. The second-order valence-corrected chi connectivity index (χ2v) is 42.6. The van der Waals surface area contributed by atoms with Crippen LogP contribution in [0.5, 0.6) is 0 Å². The van der Waals surface area contributed by atoms with Crippen LogP contribution >= 0.6 is 93.9 Å². The maximum atomic E-state index is 12.8. The monoisotopic (exact) mass is 2190 g/mol. The summed E-state index contributed by atoms with van der Waals surface area (Å²) in [6.45, 7) is -14.6. The molecule has 12 unspecified atom stereocenters. The van der Waals surface area contributed by atoms with Gasteiger partial charge in [0.05, 0.1) is 42.1 Å². The van der Waals surface area contributed by atoms with Crippen LogP contribution in [0, 0.1) is 66.6 Å². The molecule has 4 fully saturated rings. The number of aryl methyl sites for hydroxylation is 2. The number of alkyl halides is 4. The second kappa shape index (κ2) is 45.6. The van der Waals surface area contributed by atoms with Crippen LogP contribution in [0.15, 0.2) is 49.7 Å².